The largest absolute Gasteiger partial charge is 0.306 e. The Morgan fingerprint density at radius 2 is 1.96 bits per heavy atom. The number of aromatic amines is 1. The van der Waals surface area contributed by atoms with Crippen molar-refractivity contribution in [1.82, 2.24) is 19.9 Å². The van der Waals surface area contributed by atoms with Crippen molar-refractivity contribution in [2.24, 2.45) is 0 Å². The molecule has 3 aromatic rings. The van der Waals surface area contributed by atoms with Crippen molar-refractivity contribution in [3.05, 3.63) is 81.0 Å². The first-order chi connectivity index (χ1) is 12.6. The first-order valence-corrected chi connectivity index (χ1v) is 8.92. The van der Waals surface area contributed by atoms with Crippen LogP contribution in [0.3, 0.4) is 0 Å². The van der Waals surface area contributed by atoms with E-state index in [4.69, 9.17) is 4.98 Å². The molecule has 0 radical (unpaired) electrons. The van der Waals surface area contributed by atoms with Gasteiger partial charge in [0.1, 0.15) is 5.82 Å². The summed E-state index contributed by atoms with van der Waals surface area (Å²) in [5.41, 5.74) is 6.08. The number of H-pyrrole nitrogens is 1. The van der Waals surface area contributed by atoms with E-state index in [0.29, 0.717) is 12.4 Å². The molecule has 4 rings (SSSR count). The van der Waals surface area contributed by atoms with Crippen molar-refractivity contribution >= 4 is 0 Å². The van der Waals surface area contributed by atoms with Crippen LogP contribution >= 0.6 is 0 Å². The summed E-state index contributed by atoms with van der Waals surface area (Å²) in [6.07, 6.45) is 2.55. The normalized spacial score (nSPS) is 14.2. The molecule has 5 heteroatoms. The minimum Gasteiger partial charge on any atom is -0.306 e. The number of nitrogens with zero attached hydrogens (tertiary/aromatic N) is 3. The highest BCUT2D eigenvalue weighted by Gasteiger charge is 2.22. The monoisotopic (exact) mass is 346 g/mol. The van der Waals surface area contributed by atoms with E-state index in [1.807, 2.05) is 43.5 Å². The second-order valence-electron chi connectivity index (χ2n) is 6.93. The maximum absolute atomic E-state index is 12.5. The smallest absolute Gasteiger partial charge is 0.254 e. The molecule has 132 valence electrons. The van der Waals surface area contributed by atoms with E-state index in [1.54, 1.807) is 0 Å². The zero-order chi connectivity index (χ0) is 18.1. The summed E-state index contributed by atoms with van der Waals surface area (Å²) >= 11 is 0. The van der Waals surface area contributed by atoms with Crippen molar-refractivity contribution in [3.8, 4) is 11.4 Å². The maximum Gasteiger partial charge on any atom is 0.254 e. The number of hydrogen-bond acceptors (Lipinski definition) is 4. The summed E-state index contributed by atoms with van der Waals surface area (Å²) in [7, 11) is 0. The molecule has 0 spiro atoms. The van der Waals surface area contributed by atoms with Crippen LogP contribution < -0.4 is 5.56 Å². The van der Waals surface area contributed by atoms with Gasteiger partial charge in [0.05, 0.1) is 11.4 Å². The Kier molecular flexibility index (Phi) is 4.39. The zero-order valence-corrected chi connectivity index (χ0v) is 15.1. The van der Waals surface area contributed by atoms with Crippen molar-refractivity contribution in [2.75, 3.05) is 6.54 Å². The molecule has 0 atom stereocenters. The lowest BCUT2D eigenvalue weighted by Crippen LogP contribution is -2.35. The molecule has 0 saturated heterocycles. The summed E-state index contributed by atoms with van der Waals surface area (Å²) in [4.78, 5) is 27.0. The van der Waals surface area contributed by atoms with Gasteiger partial charge in [-0.15, -0.1) is 0 Å². The minimum atomic E-state index is -0.0146. The summed E-state index contributed by atoms with van der Waals surface area (Å²) in [5, 5.41) is 0. The molecule has 2 aromatic heterocycles. The number of hydrogen-bond donors (Lipinski definition) is 1. The Labute approximate surface area is 152 Å². The number of benzene rings is 1. The molecule has 0 fully saturated rings. The number of pyridine rings is 1. The molecule has 0 bridgehead atoms. The lowest BCUT2D eigenvalue weighted by molar-refractivity contribution is 0.237. The summed E-state index contributed by atoms with van der Waals surface area (Å²) in [6, 6.07) is 12.1. The fourth-order valence-corrected chi connectivity index (χ4v) is 3.37. The van der Waals surface area contributed by atoms with Gasteiger partial charge in [0.25, 0.3) is 5.56 Å². The SMILES string of the molecule is Cc1ccc(-c2nc3c(c(=O)[nH]2)CCN(Cc2ncccc2C)C3)cc1. The van der Waals surface area contributed by atoms with Crippen LogP contribution in [0.5, 0.6) is 0 Å². The molecule has 5 nitrogen and oxygen atoms in total. The standard InChI is InChI=1S/C21H22N4O/c1-14-5-7-16(8-6-14)20-23-19-13-25(11-9-17(19)21(26)24-20)12-18-15(2)4-3-10-22-18/h3-8,10H,9,11-13H2,1-2H3,(H,23,24,26). The molecule has 1 N–H and O–H groups in total. The fraction of sp³-hybridized carbons (Fsp3) is 0.286. The summed E-state index contributed by atoms with van der Waals surface area (Å²) < 4.78 is 0. The van der Waals surface area contributed by atoms with Crippen molar-refractivity contribution in [1.29, 1.82) is 0 Å². The third kappa shape index (κ3) is 3.30. The third-order valence-corrected chi connectivity index (χ3v) is 4.97. The van der Waals surface area contributed by atoms with Crippen molar-refractivity contribution in [3.63, 3.8) is 0 Å². The fourth-order valence-electron chi connectivity index (χ4n) is 3.37. The van der Waals surface area contributed by atoms with Gasteiger partial charge in [-0.1, -0.05) is 35.9 Å². The summed E-state index contributed by atoms with van der Waals surface area (Å²) in [6.45, 7) is 6.43. The minimum absolute atomic E-state index is 0.0146. The van der Waals surface area contributed by atoms with E-state index < -0.39 is 0 Å². The predicted molar refractivity (Wildman–Crippen MR) is 102 cm³/mol. The Bertz CT molecular complexity index is 992. The lowest BCUT2D eigenvalue weighted by Gasteiger charge is -2.27. The average Bonchev–Trinajstić information content (AvgIpc) is 2.64. The number of rotatable bonds is 3. The first-order valence-electron chi connectivity index (χ1n) is 8.92. The Balaban J connectivity index is 1.62. The quantitative estimate of drug-likeness (QED) is 0.792. The van der Waals surface area contributed by atoms with Crippen LogP contribution in [0.15, 0.2) is 47.4 Å². The van der Waals surface area contributed by atoms with E-state index in [-0.39, 0.29) is 5.56 Å². The predicted octanol–water partition coefficient (Wildman–Crippen LogP) is 3.01. The van der Waals surface area contributed by atoms with Crippen molar-refractivity contribution in [2.45, 2.75) is 33.4 Å². The van der Waals surface area contributed by atoms with E-state index in [9.17, 15) is 4.79 Å². The van der Waals surface area contributed by atoms with Gasteiger partial charge in [0.15, 0.2) is 0 Å². The highest BCUT2D eigenvalue weighted by Crippen LogP contribution is 2.20. The topological polar surface area (TPSA) is 61.9 Å². The highest BCUT2D eigenvalue weighted by atomic mass is 16.1. The Morgan fingerprint density at radius 1 is 1.15 bits per heavy atom. The van der Waals surface area contributed by atoms with Gasteiger partial charge < -0.3 is 4.98 Å². The molecule has 3 heterocycles. The van der Waals surface area contributed by atoms with Crippen LogP contribution in [-0.4, -0.2) is 26.4 Å². The molecule has 0 saturated carbocycles. The lowest BCUT2D eigenvalue weighted by atomic mass is 10.0. The number of fused-ring (bicyclic) bond motifs is 1. The molecule has 1 aliphatic heterocycles. The number of aromatic nitrogens is 3. The molecular weight excluding hydrogens is 324 g/mol. The number of aryl methyl sites for hydroxylation is 2. The molecule has 0 aliphatic carbocycles. The maximum atomic E-state index is 12.5. The molecule has 1 aliphatic rings. The Hall–Kier alpha value is -2.79. The van der Waals surface area contributed by atoms with Crippen molar-refractivity contribution < 1.29 is 0 Å². The highest BCUT2D eigenvalue weighted by molar-refractivity contribution is 5.55. The Morgan fingerprint density at radius 3 is 2.73 bits per heavy atom. The van der Waals surface area contributed by atoms with Crippen LogP contribution in [0.4, 0.5) is 0 Å². The van der Waals surface area contributed by atoms with Gasteiger partial charge in [-0.3, -0.25) is 14.7 Å². The molecule has 26 heavy (non-hydrogen) atoms. The second-order valence-corrected chi connectivity index (χ2v) is 6.93. The van der Waals surface area contributed by atoms with Gasteiger partial charge in [0, 0.05) is 37.0 Å². The van der Waals surface area contributed by atoms with E-state index in [2.05, 4.69) is 27.9 Å². The van der Waals surface area contributed by atoms with Crippen LogP contribution in [0.25, 0.3) is 11.4 Å². The molecule has 1 aromatic carbocycles. The van der Waals surface area contributed by atoms with Gasteiger partial charge >= 0.3 is 0 Å². The third-order valence-electron chi connectivity index (χ3n) is 4.97. The van der Waals surface area contributed by atoms with Gasteiger partial charge in [0.2, 0.25) is 0 Å². The first kappa shape index (κ1) is 16.7. The molecule has 0 amide bonds. The van der Waals surface area contributed by atoms with Gasteiger partial charge in [-0.25, -0.2) is 4.98 Å². The average molecular weight is 346 g/mol. The second kappa shape index (κ2) is 6.84. The van der Waals surface area contributed by atoms with E-state index >= 15 is 0 Å². The number of nitrogens with one attached hydrogen (secondary N) is 1. The van der Waals surface area contributed by atoms with E-state index in [1.165, 1.54) is 11.1 Å². The van der Waals surface area contributed by atoms with Gasteiger partial charge in [-0.2, -0.15) is 0 Å². The molecular formula is C21H22N4O. The van der Waals surface area contributed by atoms with E-state index in [0.717, 1.165) is 42.0 Å². The van der Waals surface area contributed by atoms with Crippen LogP contribution in [0.1, 0.15) is 28.1 Å². The van der Waals surface area contributed by atoms with Crippen LogP contribution in [0.2, 0.25) is 0 Å². The molecule has 0 unspecified atom stereocenters. The van der Waals surface area contributed by atoms with Crippen LogP contribution in [-0.2, 0) is 19.5 Å². The van der Waals surface area contributed by atoms with Gasteiger partial charge in [-0.05, 0) is 31.9 Å². The zero-order valence-electron chi connectivity index (χ0n) is 15.1. The summed E-state index contributed by atoms with van der Waals surface area (Å²) in [5.74, 6) is 0.643. The van der Waals surface area contributed by atoms with Crippen LogP contribution in [0, 0.1) is 13.8 Å².